The van der Waals surface area contributed by atoms with Crippen molar-refractivity contribution in [3.05, 3.63) is 53.1 Å². The van der Waals surface area contributed by atoms with E-state index in [-0.39, 0.29) is 34.5 Å². The van der Waals surface area contributed by atoms with Gasteiger partial charge in [-0.2, -0.15) is 0 Å². The molecule has 0 heterocycles. The number of sulfone groups is 2. The van der Waals surface area contributed by atoms with Crippen LogP contribution in [0.4, 0.5) is 0 Å². The Morgan fingerprint density at radius 3 is 1.29 bits per heavy atom. The number of nitrogens with zero attached hydrogens (tertiary/aromatic N) is 2. The molecule has 0 radical (unpaired) electrons. The molecule has 0 aliphatic heterocycles. The molecule has 0 unspecified atom stereocenters. The standard InChI is InChI=1S/C35H54N2O6S2/c1-9-11-13-15-17-23-42-29-21-19-27(34(3,4)5)25-31(29)44(38,39)33(37-36)45(40,41)32-26-28(35(6,7)8)20-22-30(32)43-24-18-16-14-12-10-2/h19-22,25-26H,9-18,23-24H2,1-8H3. The van der Waals surface area contributed by atoms with Gasteiger partial charge in [0.15, 0.2) is 0 Å². The first kappa shape index (κ1) is 38.5. The minimum Gasteiger partial charge on any atom is -0.492 e. The van der Waals surface area contributed by atoms with Crippen molar-refractivity contribution in [1.29, 1.82) is 0 Å². The predicted molar refractivity (Wildman–Crippen MR) is 182 cm³/mol. The SMILES string of the molecule is CCCCCCCOc1ccc(C(C)(C)C)cc1S(=O)(=O)C(=[N+]=[N-])S(=O)(=O)c1cc(C(C)(C)C)ccc1OCCCCCCC. The lowest BCUT2D eigenvalue weighted by atomic mass is 9.87. The number of unbranched alkanes of at least 4 members (excludes halogenated alkanes) is 8. The van der Waals surface area contributed by atoms with Gasteiger partial charge in [-0.05, 0) is 59.1 Å². The van der Waals surface area contributed by atoms with Crippen molar-refractivity contribution in [3.8, 4) is 11.5 Å². The molecule has 0 spiro atoms. The summed E-state index contributed by atoms with van der Waals surface area (Å²) in [5.41, 5.74) is 10.5. The Kier molecular flexibility index (Phi) is 14.3. The summed E-state index contributed by atoms with van der Waals surface area (Å²) in [5.74, 6) is 0.0312. The summed E-state index contributed by atoms with van der Waals surface area (Å²) in [5, 5.41) is 0. The van der Waals surface area contributed by atoms with Crippen LogP contribution in [0.2, 0.25) is 0 Å². The number of rotatable bonds is 16. The molecule has 2 rings (SSSR count). The maximum absolute atomic E-state index is 14.2. The highest BCUT2D eigenvalue weighted by atomic mass is 32.3. The lowest BCUT2D eigenvalue weighted by molar-refractivity contribution is 0.00377. The molecule has 0 saturated carbocycles. The van der Waals surface area contributed by atoms with Crippen molar-refractivity contribution in [2.75, 3.05) is 13.2 Å². The van der Waals surface area contributed by atoms with Gasteiger partial charge in [0, 0.05) is 0 Å². The first-order chi connectivity index (χ1) is 21.0. The highest BCUT2D eigenvalue weighted by Gasteiger charge is 2.47. The quantitative estimate of drug-likeness (QED) is 0.0582. The van der Waals surface area contributed by atoms with E-state index in [2.05, 4.69) is 18.6 Å². The molecule has 0 fully saturated rings. The zero-order chi connectivity index (χ0) is 33.9. The number of hydrogen-bond acceptors (Lipinski definition) is 6. The molecule has 0 amide bonds. The zero-order valence-corrected chi connectivity index (χ0v) is 30.2. The fourth-order valence-electron chi connectivity index (χ4n) is 4.82. The molecule has 0 aromatic heterocycles. The van der Waals surface area contributed by atoms with Gasteiger partial charge in [-0.25, -0.2) is 16.8 Å². The molecule has 2 aromatic rings. The number of ether oxygens (including phenoxy) is 2. The van der Waals surface area contributed by atoms with Gasteiger partial charge in [0.1, 0.15) is 21.3 Å². The maximum atomic E-state index is 14.2. The zero-order valence-electron chi connectivity index (χ0n) is 28.6. The van der Waals surface area contributed by atoms with Crippen LogP contribution in [0.5, 0.6) is 11.5 Å². The van der Waals surface area contributed by atoms with Crippen LogP contribution < -0.4 is 9.47 Å². The van der Waals surface area contributed by atoms with E-state index >= 15 is 0 Å². The summed E-state index contributed by atoms with van der Waals surface area (Å²) in [4.78, 5) is 2.23. The molecule has 8 nitrogen and oxygen atoms in total. The van der Waals surface area contributed by atoms with Gasteiger partial charge < -0.3 is 15.0 Å². The lowest BCUT2D eigenvalue weighted by Crippen LogP contribution is -2.28. The fourth-order valence-corrected chi connectivity index (χ4v) is 8.46. The molecule has 0 saturated heterocycles. The second-order valence-corrected chi connectivity index (χ2v) is 17.6. The average molecular weight is 663 g/mol. The van der Waals surface area contributed by atoms with Gasteiger partial charge >= 0.3 is 4.38 Å². The van der Waals surface area contributed by atoms with Crippen molar-refractivity contribution < 1.29 is 31.1 Å². The Bertz CT molecular complexity index is 1420. The molecular weight excluding hydrogens is 609 g/mol. The summed E-state index contributed by atoms with van der Waals surface area (Å²) < 4.78 is 67.4. The molecule has 252 valence electrons. The van der Waals surface area contributed by atoms with Crippen LogP contribution in [0.25, 0.3) is 5.53 Å². The van der Waals surface area contributed by atoms with Crippen LogP contribution in [0, 0.1) is 0 Å². The van der Waals surface area contributed by atoms with Crippen molar-refractivity contribution >= 4 is 24.1 Å². The second kappa shape index (κ2) is 16.8. The summed E-state index contributed by atoms with van der Waals surface area (Å²) in [6, 6.07) is 9.48. The smallest absolute Gasteiger partial charge is 0.492 e. The molecule has 2 aromatic carbocycles. The Morgan fingerprint density at radius 1 is 0.622 bits per heavy atom. The highest BCUT2D eigenvalue weighted by Crippen LogP contribution is 2.36. The largest absolute Gasteiger partial charge is 0.504 e. The van der Waals surface area contributed by atoms with Crippen LogP contribution in [0.15, 0.2) is 46.2 Å². The normalized spacial score (nSPS) is 12.5. The molecule has 0 atom stereocenters. The first-order valence-corrected chi connectivity index (χ1v) is 19.2. The van der Waals surface area contributed by atoms with Crippen LogP contribution in [-0.4, -0.2) is 39.2 Å². The lowest BCUT2D eigenvalue weighted by Gasteiger charge is -2.22. The van der Waals surface area contributed by atoms with Gasteiger partial charge in [-0.15, -0.1) is 4.79 Å². The van der Waals surface area contributed by atoms with Gasteiger partial charge in [0.05, 0.1) is 13.2 Å². The Balaban J connectivity index is 2.62. The molecule has 0 N–H and O–H groups in total. The van der Waals surface area contributed by atoms with Crippen molar-refractivity contribution in [1.82, 2.24) is 0 Å². The van der Waals surface area contributed by atoms with E-state index in [4.69, 9.17) is 9.47 Å². The monoisotopic (exact) mass is 662 g/mol. The second-order valence-electron chi connectivity index (χ2n) is 13.7. The molecule has 10 heteroatoms. The third kappa shape index (κ3) is 10.7. The summed E-state index contributed by atoms with van der Waals surface area (Å²) in [6.45, 7) is 16.3. The third-order valence-corrected chi connectivity index (χ3v) is 11.9. The first-order valence-electron chi connectivity index (χ1n) is 16.3. The van der Waals surface area contributed by atoms with Crippen molar-refractivity contribution in [2.24, 2.45) is 0 Å². The van der Waals surface area contributed by atoms with E-state index in [9.17, 15) is 22.4 Å². The van der Waals surface area contributed by atoms with Gasteiger partial charge in [-0.1, -0.05) is 119 Å². The Labute approximate surface area is 272 Å². The van der Waals surface area contributed by atoms with Crippen LogP contribution in [0.1, 0.15) is 131 Å². The third-order valence-electron chi connectivity index (χ3n) is 7.75. The molecule has 0 aliphatic rings. The minimum absolute atomic E-state index is 0.0156. The molecule has 45 heavy (non-hydrogen) atoms. The summed E-state index contributed by atoms with van der Waals surface area (Å²) in [7, 11) is -9.78. The van der Waals surface area contributed by atoms with E-state index in [0.29, 0.717) is 11.1 Å². The van der Waals surface area contributed by atoms with E-state index in [1.165, 1.54) is 12.1 Å². The van der Waals surface area contributed by atoms with Crippen LogP contribution in [0.3, 0.4) is 0 Å². The Morgan fingerprint density at radius 2 is 0.978 bits per heavy atom. The summed E-state index contributed by atoms with van der Waals surface area (Å²) >= 11 is 0. The predicted octanol–water partition coefficient (Wildman–Crippen LogP) is 8.81. The van der Waals surface area contributed by atoms with Crippen LogP contribution in [-0.2, 0) is 30.5 Å². The van der Waals surface area contributed by atoms with Crippen molar-refractivity contribution in [2.45, 2.75) is 140 Å². The van der Waals surface area contributed by atoms with Gasteiger partial charge in [0.2, 0.25) is 0 Å². The fraction of sp³-hybridized carbons (Fsp3) is 0.629. The van der Waals surface area contributed by atoms with E-state index in [0.717, 1.165) is 64.2 Å². The van der Waals surface area contributed by atoms with Crippen LogP contribution >= 0.6 is 0 Å². The molecular formula is C35H54N2O6S2. The van der Waals surface area contributed by atoms with E-state index < -0.39 is 34.9 Å². The maximum Gasteiger partial charge on any atom is 0.504 e. The number of hydrogen-bond donors (Lipinski definition) is 0. The molecule has 0 bridgehead atoms. The van der Waals surface area contributed by atoms with Gasteiger partial charge in [-0.3, -0.25) is 0 Å². The average Bonchev–Trinajstić information content (AvgIpc) is 2.95. The van der Waals surface area contributed by atoms with Gasteiger partial charge in [0.25, 0.3) is 19.7 Å². The summed E-state index contributed by atoms with van der Waals surface area (Å²) in [6.07, 6.45) is 9.80. The highest BCUT2D eigenvalue weighted by molar-refractivity contribution is 8.31. The van der Waals surface area contributed by atoms with E-state index in [1.807, 2.05) is 41.5 Å². The number of benzene rings is 2. The topological polar surface area (TPSA) is 123 Å². The van der Waals surface area contributed by atoms with Crippen molar-refractivity contribution in [3.63, 3.8) is 0 Å². The Hall–Kier alpha value is -2.68. The molecule has 0 aliphatic carbocycles. The van der Waals surface area contributed by atoms with E-state index in [1.54, 1.807) is 24.3 Å². The minimum atomic E-state index is -4.89.